The van der Waals surface area contributed by atoms with Gasteiger partial charge in [-0.1, -0.05) is 24.3 Å². The van der Waals surface area contributed by atoms with E-state index in [1.54, 1.807) is 56.2 Å². The number of benzene rings is 1. The van der Waals surface area contributed by atoms with Crippen molar-refractivity contribution in [2.75, 3.05) is 24.5 Å². The number of nitrogens with two attached hydrogens (primary N) is 1. The number of anilines is 1. The van der Waals surface area contributed by atoms with Gasteiger partial charge in [0.1, 0.15) is 35.0 Å². The van der Waals surface area contributed by atoms with Crippen molar-refractivity contribution in [1.29, 1.82) is 5.26 Å². The molecule has 7 heterocycles. The van der Waals surface area contributed by atoms with Crippen LogP contribution in [-0.2, 0) is 33.8 Å². The Kier molecular flexibility index (Phi) is 19.4. The van der Waals surface area contributed by atoms with Crippen molar-refractivity contribution in [2.45, 2.75) is 46.6 Å². The standard InChI is InChI=1S/C33H35N5O4.2C10H8N2.Ru/c1-5-38(6-2)24-7-9-26-27(22(4)41-33(40)10-8-25(39)19-34)18-32(42-31(26)17-24)28(20-35)23-12-14-37-30(16-23)29-15-21(3)11-13-36-29;2*1-3-7-11-9(5-1)10-6-2-4-8-12-10;/h7,9,11-18,22H,5-6,8,10,19,34H2,1-4H3;2*1-8H;/b32-28-;;;. The SMILES string of the molecule is CCN(CC)c1ccc2c(c1)O/C(=C(/C#N)c1ccnc(-c3cc(C)ccn3)c1)C=C2C(C)OC(=O)CCC(=O)CN.[Ru].c1ccc(-c2ccccn2)nc1.c1ccc(-c2ccccn2)nc1. The van der Waals surface area contributed by atoms with Gasteiger partial charge in [-0.05, 0) is 130 Å². The van der Waals surface area contributed by atoms with E-state index in [0.717, 1.165) is 52.7 Å². The number of fused-ring (bicyclic) bond motifs is 1. The molecule has 6 aromatic heterocycles. The Balaban J connectivity index is 0.000000269. The number of hydrogen-bond acceptors (Lipinski definition) is 13. The number of aryl methyl sites for hydroxylation is 1. The molecule has 1 aromatic carbocycles. The van der Waals surface area contributed by atoms with Crippen LogP contribution in [0, 0.1) is 18.3 Å². The van der Waals surface area contributed by atoms with Gasteiger partial charge in [-0.15, -0.1) is 0 Å². The van der Waals surface area contributed by atoms with Crippen LogP contribution in [0.1, 0.15) is 50.3 Å². The zero-order valence-corrected chi connectivity index (χ0v) is 39.5. The Morgan fingerprint density at radius 3 is 1.69 bits per heavy atom. The smallest absolute Gasteiger partial charge is 0.306 e. The summed E-state index contributed by atoms with van der Waals surface area (Å²) < 4.78 is 12.1. The summed E-state index contributed by atoms with van der Waals surface area (Å²) in [7, 11) is 0. The molecule has 14 heteroatoms. The second-order valence-corrected chi connectivity index (χ2v) is 14.8. The fourth-order valence-electron chi connectivity index (χ4n) is 6.83. The van der Waals surface area contributed by atoms with E-state index >= 15 is 0 Å². The summed E-state index contributed by atoms with van der Waals surface area (Å²) in [4.78, 5) is 52.0. The average Bonchev–Trinajstić information content (AvgIpc) is 3.37. The first kappa shape index (κ1) is 50.4. The molecule has 1 aliphatic heterocycles. The minimum atomic E-state index is -0.674. The number of ether oxygens (including phenoxy) is 2. The molecule has 1 unspecified atom stereocenters. The number of allylic oxidation sites excluding steroid dienone is 2. The van der Waals surface area contributed by atoms with Crippen LogP contribution in [0.4, 0.5) is 5.69 Å². The summed E-state index contributed by atoms with van der Waals surface area (Å²) in [5.41, 5.74) is 14.7. The topological polar surface area (TPSA) is 183 Å². The second-order valence-electron chi connectivity index (χ2n) is 14.8. The van der Waals surface area contributed by atoms with Gasteiger partial charge in [0.15, 0.2) is 0 Å². The third-order valence-corrected chi connectivity index (χ3v) is 10.3. The molecular weight excluding hydrogens is 928 g/mol. The van der Waals surface area contributed by atoms with Gasteiger partial charge in [-0.2, -0.15) is 5.26 Å². The normalized spacial score (nSPS) is 12.3. The van der Waals surface area contributed by atoms with Gasteiger partial charge in [0, 0.05) is 99.1 Å². The van der Waals surface area contributed by atoms with Crippen LogP contribution in [-0.4, -0.2) is 67.4 Å². The van der Waals surface area contributed by atoms with Crippen molar-refractivity contribution in [3.63, 3.8) is 0 Å². The second kappa shape index (κ2) is 25.8. The number of esters is 1. The Labute approximate surface area is 404 Å². The van der Waals surface area contributed by atoms with E-state index in [4.69, 9.17) is 15.2 Å². The first-order chi connectivity index (χ1) is 32.2. The summed E-state index contributed by atoms with van der Waals surface area (Å²) in [6, 6.07) is 38.8. The zero-order valence-electron chi connectivity index (χ0n) is 37.8. The third kappa shape index (κ3) is 14.2. The molecule has 67 heavy (non-hydrogen) atoms. The van der Waals surface area contributed by atoms with Gasteiger partial charge in [0.05, 0.1) is 47.1 Å². The van der Waals surface area contributed by atoms with Crippen molar-refractivity contribution in [3.8, 4) is 46.0 Å². The largest absolute Gasteiger partial charge is 0.458 e. The molecule has 1 atom stereocenters. The molecule has 0 aliphatic carbocycles. The number of ketones is 1. The van der Waals surface area contributed by atoms with Crippen molar-refractivity contribution < 1.29 is 38.5 Å². The number of carbonyl (C=O) groups is 2. The monoisotopic (exact) mass is 979 g/mol. The van der Waals surface area contributed by atoms with E-state index in [2.05, 4.69) is 54.7 Å². The van der Waals surface area contributed by atoms with Crippen molar-refractivity contribution in [2.24, 2.45) is 5.73 Å². The van der Waals surface area contributed by atoms with Crippen molar-refractivity contribution in [3.05, 3.63) is 181 Å². The summed E-state index contributed by atoms with van der Waals surface area (Å²) in [5, 5.41) is 10.3. The molecule has 8 rings (SSSR count). The fraction of sp³-hybridized carbons (Fsp3) is 0.189. The molecule has 0 saturated carbocycles. The summed E-state index contributed by atoms with van der Waals surface area (Å²) >= 11 is 0. The number of rotatable bonds is 13. The predicted molar refractivity (Wildman–Crippen MR) is 257 cm³/mol. The Hall–Kier alpha value is -7.59. The molecule has 0 fully saturated rings. The number of pyridine rings is 6. The van der Waals surface area contributed by atoms with E-state index in [9.17, 15) is 14.9 Å². The number of hydrogen-bond donors (Lipinski definition) is 1. The number of carbonyl (C=O) groups excluding carboxylic acids is 2. The summed E-state index contributed by atoms with van der Waals surface area (Å²) in [6.07, 6.45) is 11.5. The maximum Gasteiger partial charge on any atom is 0.306 e. The average molecular weight is 979 g/mol. The first-order valence-electron chi connectivity index (χ1n) is 21.6. The molecule has 1 aliphatic rings. The molecule has 340 valence electrons. The van der Waals surface area contributed by atoms with E-state index in [1.165, 1.54) is 0 Å². The Morgan fingerprint density at radius 2 is 1.21 bits per heavy atom. The summed E-state index contributed by atoms with van der Waals surface area (Å²) in [5.74, 6) is 0.164. The maximum absolute atomic E-state index is 12.6. The molecule has 2 N–H and O–H groups in total. The Morgan fingerprint density at radius 1 is 0.687 bits per heavy atom. The number of nitrogens with zero attached hydrogens (tertiary/aromatic N) is 8. The van der Waals surface area contributed by atoms with Crippen LogP contribution < -0.4 is 15.4 Å². The van der Waals surface area contributed by atoms with E-state index < -0.39 is 12.1 Å². The van der Waals surface area contributed by atoms with Crippen LogP contribution >= 0.6 is 0 Å². The molecule has 0 bridgehead atoms. The molecule has 13 nitrogen and oxygen atoms in total. The van der Waals surface area contributed by atoms with Gasteiger partial charge in [0.2, 0.25) is 0 Å². The number of Topliss-reactive ketones (excluding diaryl/α,β-unsaturated/α-hetero) is 1. The number of aromatic nitrogens is 6. The van der Waals surface area contributed by atoms with Gasteiger partial charge >= 0.3 is 5.97 Å². The van der Waals surface area contributed by atoms with Crippen LogP contribution in [0.15, 0.2) is 164 Å². The fourth-order valence-corrected chi connectivity index (χ4v) is 6.83. The summed E-state index contributed by atoms with van der Waals surface area (Å²) in [6.45, 7) is 9.41. The van der Waals surface area contributed by atoms with E-state index in [0.29, 0.717) is 39.6 Å². The van der Waals surface area contributed by atoms with E-state index in [-0.39, 0.29) is 44.6 Å². The maximum atomic E-state index is 12.6. The van der Waals surface area contributed by atoms with E-state index in [1.807, 2.05) is 116 Å². The Bertz CT molecular complexity index is 2650. The quantitative estimate of drug-likeness (QED) is 0.0656. The number of nitriles is 1. The molecule has 0 saturated heterocycles. The van der Waals surface area contributed by atoms with Crippen LogP contribution in [0.3, 0.4) is 0 Å². The van der Waals surface area contributed by atoms with Crippen LogP contribution in [0.2, 0.25) is 0 Å². The zero-order chi connectivity index (χ0) is 46.7. The van der Waals surface area contributed by atoms with Gasteiger partial charge in [-0.25, -0.2) is 0 Å². The van der Waals surface area contributed by atoms with Gasteiger partial charge in [-0.3, -0.25) is 39.5 Å². The molecule has 7 aromatic rings. The van der Waals surface area contributed by atoms with Crippen LogP contribution in [0.5, 0.6) is 5.75 Å². The molecule has 0 spiro atoms. The third-order valence-electron chi connectivity index (χ3n) is 10.3. The minimum absolute atomic E-state index is 0. The molecule has 0 amide bonds. The van der Waals surface area contributed by atoms with Gasteiger partial charge < -0.3 is 20.1 Å². The van der Waals surface area contributed by atoms with Gasteiger partial charge in [0.25, 0.3) is 0 Å². The molecule has 0 radical (unpaired) electrons. The molecular formula is C53H51N9O4Ru. The first-order valence-corrected chi connectivity index (χ1v) is 21.6. The van der Waals surface area contributed by atoms with Crippen LogP contribution in [0.25, 0.3) is 45.3 Å². The van der Waals surface area contributed by atoms with Crippen molar-refractivity contribution in [1.82, 2.24) is 29.9 Å². The predicted octanol–water partition coefficient (Wildman–Crippen LogP) is 9.53. The van der Waals surface area contributed by atoms with Crippen molar-refractivity contribution >= 4 is 28.6 Å². The minimum Gasteiger partial charge on any atom is -0.458 e.